The lowest BCUT2D eigenvalue weighted by Gasteiger charge is -2.20. The SMILES string of the molecule is [B]C1OC(COP(=O)(O)OP(=O)(O)OP(=O)(O)O)C2OCCC12. The minimum Gasteiger partial charge on any atom is -0.379 e. The zero-order chi connectivity index (χ0) is 17.5. The first-order chi connectivity index (χ1) is 10.4. The molecule has 2 aliphatic rings. The summed E-state index contributed by atoms with van der Waals surface area (Å²) in [4.78, 5) is 35.1. The number of phosphoric ester groups is 1. The molecule has 0 aromatic heterocycles. The van der Waals surface area contributed by atoms with Crippen LogP contribution in [0.4, 0.5) is 0 Å². The fourth-order valence-electron chi connectivity index (χ4n) is 2.35. The van der Waals surface area contributed by atoms with Crippen LogP contribution in [0, 0.1) is 5.92 Å². The van der Waals surface area contributed by atoms with Crippen LogP contribution in [-0.4, -0.2) is 58.8 Å². The van der Waals surface area contributed by atoms with Crippen molar-refractivity contribution in [3.63, 3.8) is 0 Å². The van der Waals surface area contributed by atoms with E-state index in [1.807, 2.05) is 0 Å². The van der Waals surface area contributed by atoms with Gasteiger partial charge in [-0.15, -0.1) is 0 Å². The molecule has 2 heterocycles. The van der Waals surface area contributed by atoms with E-state index in [2.05, 4.69) is 13.1 Å². The van der Waals surface area contributed by atoms with Gasteiger partial charge in [-0.25, -0.2) is 13.7 Å². The second-order valence-corrected chi connectivity index (χ2v) is 9.23. The van der Waals surface area contributed by atoms with Gasteiger partial charge in [0, 0.05) is 18.5 Å². The summed E-state index contributed by atoms with van der Waals surface area (Å²) in [6.07, 6.45) is -0.614. The highest BCUT2D eigenvalue weighted by molar-refractivity contribution is 7.66. The van der Waals surface area contributed by atoms with Gasteiger partial charge in [-0.1, -0.05) is 0 Å². The second-order valence-electron chi connectivity index (χ2n) is 4.81. The van der Waals surface area contributed by atoms with Crippen LogP contribution < -0.4 is 0 Å². The average Bonchev–Trinajstić information content (AvgIpc) is 2.86. The first-order valence-corrected chi connectivity index (χ1v) is 10.7. The normalized spacial score (nSPS) is 36.3. The van der Waals surface area contributed by atoms with E-state index < -0.39 is 48.3 Å². The molecule has 2 radical (unpaired) electrons. The molecule has 4 N–H and O–H groups in total. The summed E-state index contributed by atoms with van der Waals surface area (Å²) in [7, 11) is -10.4. The summed E-state index contributed by atoms with van der Waals surface area (Å²) < 4.78 is 55.5. The van der Waals surface area contributed by atoms with E-state index in [1.165, 1.54) is 0 Å². The fourth-order valence-corrected chi connectivity index (χ4v) is 5.38. The van der Waals surface area contributed by atoms with Crippen molar-refractivity contribution in [2.75, 3.05) is 13.2 Å². The Morgan fingerprint density at radius 3 is 2.35 bits per heavy atom. The molecule has 6 unspecified atom stereocenters. The largest absolute Gasteiger partial charge is 0.490 e. The molecule has 2 rings (SSSR count). The van der Waals surface area contributed by atoms with Gasteiger partial charge in [0.05, 0.1) is 12.7 Å². The molecule has 0 aromatic rings. The number of hydrogen-bond donors (Lipinski definition) is 4. The van der Waals surface area contributed by atoms with Gasteiger partial charge in [0.15, 0.2) is 0 Å². The van der Waals surface area contributed by atoms with Crippen molar-refractivity contribution in [2.24, 2.45) is 5.92 Å². The zero-order valence-electron chi connectivity index (χ0n) is 11.4. The highest BCUT2D eigenvalue weighted by Crippen LogP contribution is 2.66. The van der Waals surface area contributed by atoms with E-state index in [0.29, 0.717) is 13.0 Å². The molecule has 0 bridgehead atoms. The molecule has 0 aromatic carbocycles. The summed E-state index contributed by atoms with van der Waals surface area (Å²) in [5.74, 6) is -0.107. The Bertz CT molecular complexity index is 577. The molecule has 2 saturated heterocycles. The fraction of sp³-hybridized carbons (Fsp3) is 1.00. The van der Waals surface area contributed by atoms with Crippen molar-refractivity contribution < 1.29 is 55.9 Å². The van der Waals surface area contributed by atoms with Crippen LogP contribution >= 0.6 is 23.5 Å². The van der Waals surface area contributed by atoms with Crippen LogP contribution in [0.2, 0.25) is 0 Å². The maximum absolute atomic E-state index is 11.6. The molecule has 23 heavy (non-hydrogen) atoms. The predicted octanol–water partition coefficient (Wildman–Crippen LogP) is -0.372. The maximum atomic E-state index is 11.6. The zero-order valence-corrected chi connectivity index (χ0v) is 14.1. The topological polar surface area (TPSA) is 178 Å². The Morgan fingerprint density at radius 2 is 1.74 bits per heavy atom. The molecule has 16 heteroatoms. The van der Waals surface area contributed by atoms with Gasteiger partial charge in [-0.3, -0.25) is 4.52 Å². The van der Waals surface area contributed by atoms with Crippen molar-refractivity contribution in [3.8, 4) is 0 Å². The van der Waals surface area contributed by atoms with Crippen LogP contribution in [0.5, 0.6) is 0 Å². The van der Waals surface area contributed by atoms with Gasteiger partial charge < -0.3 is 29.0 Å². The van der Waals surface area contributed by atoms with Crippen molar-refractivity contribution in [1.82, 2.24) is 0 Å². The van der Waals surface area contributed by atoms with Crippen LogP contribution in [-0.2, 0) is 36.3 Å². The second kappa shape index (κ2) is 6.95. The number of rotatable bonds is 7. The highest BCUT2D eigenvalue weighted by Gasteiger charge is 2.47. The number of ether oxygens (including phenoxy) is 2. The van der Waals surface area contributed by atoms with Gasteiger partial charge in [-0.05, 0) is 6.42 Å². The van der Waals surface area contributed by atoms with E-state index >= 15 is 0 Å². The number of hydrogen-bond acceptors (Lipinski definition) is 8. The lowest BCUT2D eigenvalue weighted by molar-refractivity contribution is -0.0268. The Labute approximate surface area is 131 Å². The molecular formula is C7H14BO12P3. The molecule has 6 atom stereocenters. The summed E-state index contributed by atoms with van der Waals surface area (Å²) in [6, 6.07) is -0.642. The molecule has 2 fully saturated rings. The van der Waals surface area contributed by atoms with Crippen LogP contribution in [0.25, 0.3) is 0 Å². The van der Waals surface area contributed by atoms with Gasteiger partial charge in [0.25, 0.3) is 0 Å². The van der Waals surface area contributed by atoms with E-state index in [0.717, 1.165) is 0 Å². The molecule has 132 valence electrons. The minimum atomic E-state index is -5.53. The Morgan fingerprint density at radius 1 is 1.09 bits per heavy atom. The predicted molar refractivity (Wildman–Crippen MR) is 72.1 cm³/mol. The third-order valence-electron chi connectivity index (χ3n) is 3.12. The molecular weight excluding hydrogens is 380 g/mol. The van der Waals surface area contributed by atoms with Crippen LogP contribution in [0.1, 0.15) is 6.42 Å². The lowest BCUT2D eigenvalue weighted by Crippen LogP contribution is -2.28. The highest BCUT2D eigenvalue weighted by atomic mass is 31.3. The summed E-state index contributed by atoms with van der Waals surface area (Å²) in [6.45, 7) is -0.114. The third-order valence-corrected chi connectivity index (χ3v) is 6.92. The van der Waals surface area contributed by atoms with Gasteiger partial charge >= 0.3 is 23.5 Å². The van der Waals surface area contributed by atoms with E-state index in [-0.39, 0.29) is 5.92 Å². The smallest absolute Gasteiger partial charge is 0.379 e. The first-order valence-electron chi connectivity index (χ1n) is 6.19. The van der Waals surface area contributed by atoms with Gasteiger partial charge in [0.1, 0.15) is 14.0 Å². The van der Waals surface area contributed by atoms with Crippen LogP contribution in [0.15, 0.2) is 0 Å². The van der Waals surface area contributed by atoms with E-state index in [9.17, 15) is 18.6 Å². The first kappa shape index (κ1) is 19.7. The van der Waals surface area contributed by atoms with Gasteiger partial charge in [0.2, 0.25) is 0 Å². The monoisotopic (exact) mass is 394 g/mol. The summed E-state index contributed by atoms with van der Waals surface area (Å²) in [5, 5.41) is 0. The van der Waals surface area contributed by atoms with Gasteiger partial charge in [-0.2, -0.15) is 8.62 Å². The molecule has 2 aliphatic heterocycles. The standard InChI is InChI=1S/C7H14BO12P3/c8-7-4-1-2-16-6(4)5(18-7)3-17-22(12,13)20-23(14,15)19-21(9,10)11/h4-7H,1-3H2,(H,12,13)(H,14,15)(H2,9,10,11). The number of phosphoric acid groups is 3. The third kappa shape index (κ3) is 5.71. The molecule has 0 saturated carbocycles. The molecule has 0 spiro atoms. The average molecular weight is 394 g/mol. The van der Waals surface area contributed by atoms with Crippen molar-refractivity contribution >= 4 is 31.3 Å². The van der Waals surface area contributed by atoms with E-state index in [1.54, 1.807) is 0 Å². The van der Waals surface area contributed by atoms with E-state index in [4.69, 9.17) is 32.0 Å². The maximum Gasteiger partial charge on any atom is 0.490 e. The molecule has 0 amide bonds. The summed E-state index contributed by atoms with van der Waals surface area (Å²) in [5.41, 5.74) is 0. The molecule has 12 nitrogen and oxygen atoms in total. The van der Waals surface area contributed by atoms with Crippen molar-refractivity contribution in [2.45, 2.75) is 24.6 Å². The Kier molecular flexibility index (Phi) is 5.96. The summed E-state index contributed by atoms with van der Waals surface area (Å²) >= 11 is 0. The van der Waals surface area contributed by atoms with Crippen molar-refractivity contribution in [1.29, 1.82) is 0 Å². The lowest BCUT2D eigenvalue weighted by atomic mass is 9.84. The quantitative estimate of drug-likeness (QED) is 0.326. The van der Waals surface area contributed by atoms with Crippen LogP contribution in [0.3, 0.4) is 0 Å². The van der Waals surface area contributed by atoms with Crippen molar-refractivity contribution in [3.05, 3.63) is 0 Å². The Hall–Kier alpha value is 0.395. The molecule has 0 aliphatic carbocycles. The minimum absolute atomic E-state index is 0.107. The number of fused-ring (bicyclic) bond motifs is 1. The Balaban J connectivity index is 1.90.